The average Bonchev–Trinajstić information content (AvgIpc) is 2.86. The highest BCUT2D eigenvalue weighted by Gasteiger charge is 2.32. The lowest BCUT2D eigenvalue weighted by molar-refractivity contribution is 0.152. The van der Waals surface area contributed by atoms with Gasteiger partial charge in [-0.1, -0.05) is 55.2 Å². The third-order valence-corrected chi connectivity index (χ3v) is 4.89. The second-order valence-corrected chi connectivity index (χ2v) is 7.17. The first-order valence-electron chi connectivity index (χ1n) is 7.95. The number of benzene rings is 1. The fraction of sp³-hybridized carbons (Fsp3) is 0.389. The number of hydrogen-bond acceptors (Lipinski definition) is 3. The predicted octanol–water partition coefficient (Wildman–Crippen LogP) is 5.09. The number of nitrogens with one attached hydrogen (secondary N) is 1. The van der Waals surface area contributed by atoms with Gasteiger partial charge in [-0.25, -0.2) is 4.99 Å². The van der Waals surface area contributed by atoms with Gasteiger partial charge in [0.15, 0.2) is 0 Å². The molecule has 3 rings (SSSR count). The Morgan fingerprint density at radius 1 is 1.29 bits per heavy atom. The van der Waals surface area contributed by atoms with Gasteiger partial charge in [0.1, 0.15) is 16.0 Å². The first kappa shape index (κ1) is 17.2. The van der Waals surface area contributed by atoms with Crippen LogP contribution >= 0.6 is 23.2 Å². The van der Waals surface area contributed by atoms with Gasteiger partial charge in [0.05, 0.1) is 18.7 Å². The molecule has 0 saturated heterocycles. The molecule has 128 valence electrons. The highest BCUT2D eigenvalue weighted by atomic mass is 35.5. The first-order valence-corrected chi connectivity index (χ1v) is 8.71. The summed E-state index contributed by atoms with van der Waals surface area (Å²) < 4.78 is 5.67. The van der Waals surface area contributed by atoms with E-state index in [0.717, 1.165) is 22.9 Å². The van der Waals surface area contributed by atoms with Crippen LogP contribution in [0.4, 0.5) is 0 Å². The molecule has 1 unspecified atom stereocenters. The lowest BCUT2D eigenvalue weighted by atomic mass is 10.0. The molecule has 6 heteroatoms. The SMILES string of the molecule is COC1=C(c2c(Cl)[nH]c3ccccc23)N=C(Cl)C(CC(C)C)N1C. The Morgan fingerprint density at radius 3 is 2.67 bits per heavy atom. The van der Waals surface area contributed by atoms with E-state index < -0.39 is 0 Å². The van der Waals surface area contributed by atoms with Crippen LogP contribution in [0.1, 0.15) is 25.8 Å². The number of aliphatic imine (C=N–C) groups is 1. The van der Waals surface area contributed by atoms with E-state index in [1.165, 1.54) is 0 Å². The molecule has 1 aliphatic heterocycles. The summed E-state index contributed by atoms with van der Waals surface area (Å²) in [5.41, 5.74) is 2.43. The molecule has 0 amide bonds. The van der Waals surface area contributed by atoms with Crippen molar-refractivity contribution < 1.29 is 4.74 Å². The fourth-order valence-corrected chi connectivity index (χ4v) is 3.76. The van der Waals surface area contributed by atoms with Crippen molar-refractivity contribution in [3.63, 3.8) is 0 Å². The molecule has 0 spiro atoms. The molecule has 1 aromatic carbocycles. The molecule has 1 N–H and O–H groups in total. The Balaban J connectivity index is 2.17. The first-order chi connectivity index (χ1) is 11.4. The van der Waals surface area contributed by atoms with Gasteiger partial charge in [0.25, 0.3) is 0 Å². The van der Waals surface area contributed by atoms with Crippen molar-refractivity contribution >= 4 is 45.0 Å². The average molecular weight is 366 g/mol. The molecule has 0 fully saturated rings. The van der Waals surface area contributed by atoms with Crippen molar-refractivity contribution in [2.75, 3.05) is 14.2 Å². The zero-order valence-electron chi connectivity index (χ0n) is 14.2. The second kappa shape index (κ2) is 6.69. The van der Waals surface area contributed by atoms with Crippen LogP contribution in [0.5, 0.6) is 0 Å². The maximum atomic E-state index is 6.52. The van der Waals surface area contributed by atoms with E-state index in [0.29, 0.717) is 27.8 Å². The number of H-pyrrole nitrogens is 1. The summed E-state index contributed by atoms with van der Waals surface area (Å²) in [4.78, 5) is 9.89. The number of aromatic amines is 1. The van der Waals surface area contributed by atoms with E-state index in [1.807, 2.05) is 36.2 Å². The maximum absolute atomic E-state index is 6.52. The molecule has 0 aliphatic carbocycles. The lowest BCUT2D eigenvalue weighted by Crippen LogP contribution is -2.40. The van der Waals surface area contributed by atoms with Crippen molar-refractivity contribution in [3.8, 4) is 0 Å². The molecule has 4 nitrogen and oxygen atoms in total. The van der Waals surface area contributed by atoms with Gasteiger partial charge in [0, 0.05) is 18.0 Å². The molecule has 0 saturated carbocycles. The monoisotopic (exact) mass is 365 g/mol. The number of ether oxygens (including phenoxy) is 1. The third kappa shape index (κ3) is 2.89. The van der Waals surface area contributed by atoms with Gasteiger partial charge < -0.3 is 14.6 Å². The Bertz CT molecular complexity index is 823. The standard InChI is InChI=1S/C18H21Cl2N3O/c1-10(2)9-13-16(19)22-15(18(24-4)23(13)3)14-11-7-5-6-8-12(11)21-17(14)20/h5-8,10,13,21H,9H2,1-4H3. The van der Waals surface area contributed by atoms with Crippen LogP contribution in [-0.4, -0.2) is 35.3 Å². The topological polar surface area (TPSA) is 40.6 Å². The summed E-state index contributed by atoms with van der Waals surface area (Å²) >= 11 is 13.0. The van der Waals surface area contributed by atoms with Gasteiger partial charge >= 0.3 is 0 Å². The minimum absolute atomic E-state index is 0.00866. The maximum Gasteiger partial charge on any atom is 0.216 e. The highest BCUT2D eigenvalue weighted by molar-refractivity contribution is 6.67. The normalized spacial score (nSPS) is 18.5. The zero-order chi connectivity index (χ0) is 17.4. The van der Waals surface area contributed by atoms with Crippen LogP contribution in [0.25, 0.3) is 16.6 Å². The van der Waals surface area contributed by atoms with E-state index in [4.69, 9.17) is 27.9 Å². The fourth-order valence-electron chi connectivity index (χ4n) is 3.14. The van der Waals surface area contributed by atoms with Crippen molar-refractivity contribution in [1.29, 1.82) is 0 Å². The Labute approximate surface area is 152 Å². The van der Waals surface area contributed by atoms with Crippen LogP contribution in [0, 0.1) is 5.92 Å². The number of nitrogens with zero attached hydrogens (tertiary/aromatic N) is 2. The van der Waals surface area contributed by atoms with Crippen LogP contribution < -0.4 is 0 Å². The Kier molecular flexibility index (Phi) is 4.79. The largest absolute Gasteiger partial charge is 0.481 e. The van der Waals surface area contributed by atoms with E-state index >= 15 is 0 Å². The highest BCUT2D eigenvalue weighted by Crippen LogP contribution is 2.38. The molecule has 1 atom stereocenters. The summed E-state index contributed by atoms with van der Waals surface area (Å²) in [6.45, 7) is 4.33. The van der Waals surface area contributed by atoms with Crippen LogP contribution in [-0.2, 0) is 4.74 Å². The number of para-hydroxylation sites is 1. The smallest absolute Gasteiger partial charge is 0.216 e. The van der Waals surface area contributed by atoms with E-state index in [9.17, 15) is 0 Å². The molecule has 2 heterocycles. The molecule has 2 aromatic rings. The molecule has 1 aliphatic rings. The number of fused-ring (bicyclic) bond motifs is 1. The van der Waals surface area contributed by atoms with Gasteiger partial charge in [-0.15, -0.1) is 0 Å². The Hall–Kier alpha value is -1.65. The minimum atomic E-state index is 0.00866. The molecule has 24 heavy (non-hydrogen) atoms. The summed E-state index contributed by atoms with van der Waals surface area (Å²) in [6.07, 6.45) is 0.903. The van der Waals surface area contributed by atoms with Crippen LogP contribution in [0.3, 0.4) is 0 Å². The number of hydrogen-bond donors (Lipinski definition) is 1. The van der Waals surface area contributed by atoms with Gasteiger partial charge in [-0.3, -0.25) is 0 Å². The number of aromatic nitrogens is 1. The van der Waals surface area contributed by atoms with Gasteiger partial charge in [0.2, 0.25) is 5.88 Å². The number of methoxy groups -OCH3 is 1. The number of rotatable bonds is 4. The second-order valence-electron chi connectivity index (χ2n) is 6.41. The quantitative estimate of drug-likeness (QED) is 0.819. The summed E-state index contributed by atoms with van der Waals surface area (Å²) in [5.74, 6) is 1.18. The zero-order valence-corrected chi connectivity index (χ0v) is 15.7. The van der Waals surface area contributed by atoms with Crippen molar-refractivity contribution in [2.45, 2.75) is 26.3 Å². The lowest BCUT2D eigenvalue weighted by Gasteiger charge is -2.35. The summed E-state index contributed by atoms with van der Waals surface area (Å²) in [5, 5.41) is 2.09. The van der Waals surface area contributed by atoms with E-state index in [-0.39, 0.29) is 6.04 Å². The summed E-state index contributed by atoms with van der Waals surface area (Å²) in [7, 11) is 3.63. The molecule has 0 radical (unpaired) electrons. The van der Waals surface area contributed by atoms with Gasteiger partial charge in [-0.05, 0) is 18.4 Å². The summed E-state index contributed by atoms with van der Waals surface area (Å²) in [6, 6.07) is 7.94. The predicted molar refractivity (Wildman–Crippen MR) is 102 cm³/mol. The molecular formula is C18H21Cl2N3O. The van der Waals surface area contributed by atoms with Crippen LogP contribution in [0.15, 0.2) is 35.1 Å². The third-order valence-electron chi connectivity index (χ3n) is 4.27. The van der Waals surface area contributed by atoms with Crippen molar-refractivity contribution in [2.24, 2.45) is 10.9 Å². The molecule has 0 bridgehead atoms. The molecular weight excluding hydrogens is 345 g/mol. The van der Waals surface area contributed by atoms with Crippen molar-refractivity contribution in [1.82, 2.24) is 9.88 Å². The number of halogens is 2. The van der Waals surface area contributed by atoms with Crippen LogP contribution in [0.2, 0.25) is 5.15 Å². The van der Waals surface area contributed by atoms with Crippen molar-refractivity contribution in [3.05, 3.63) is 40.9 Å². The van der Waals surface area contributed by atoms with E-state index in [1.54, 1.807) is 7.11 Å². The molecule has 1 aromatic heterocycles. The minimum Gasteiger partial charge on any atom is -0.481 e. The van der Waals surface area contributed by atoms with E-state index in [2.05, 4.69) is 23.8 Å². The van der Waals surface area contributed by atoms with Gasteiger partial charge in [-0.2, -0.15) is 0 Å². The Morgan fingerprint density at radius 2 is 2.00 bits per heavy atom.